The van der Waals surface area contributed by atoms with E-state index in [0.717, 1.165) is 4.88 Å². The zero-order chi connectivity index (χ0) is 19.8. The lowest BCUT2D eigenvalue weighted by atomic mass is 10.1. The number of pyridine rings is 1. The fraction of sp³-hybridized carbons (Fsp3) is 0.105. The summed E-state index contributed by atoms with van der Waals surface area (Å²) in [6.07, 6.45) is 1.52. The predicted octanol–water partition coefficient (Wildman–Crippen LogP) is 4.26. The van der Waals surface area contributed by atoms with E-state index in [4.69, 9.17) is 18.2 Å². The molecule has 0 aliphatic heterocycles. The maximum atomic E-state index is 12.8. The summed E-state index contributed by atoms with van der Waals surface area (Å²) in [5.74, 6) is 0.549. The molecule has 144 valence electrons. The number of carbonyl (C=O) groups excluding carboxylic acids is 1. The van der Waals surface area contributed by atoms with Crippen molar-refractivity contribution in [3.05, 3.63) is 59.1 Å². The fourth-order valence-corrected chi connectivity index (χ4v) is 3.48. The van der Waals surface area contributed by atoms with E-state index >= 15 is 0 Å². The molecule has 0 radical (unpaired) electrons. The minimum absolute atomic E-state index is 0.165. The molecular weight excluding hydrogens is 396 g/mol. The first kappa shape index (κ1) is 17.3. The summed E-state index contributed by atoms with van der Waals surface area (Å²) in [4.78, 5) is 22.3. The quantitative estimate of drug-likeness (QED) is 0.393. The number of aromatic nitrogens is 4. The van der Waals surface area contributed by atoms with E-state index in [1.54, 1.807) is 25.1 Å². The highest BCUT2D eigenvalue weighted by atomic mass is 32.1. The Labute approximate surface area is 166 Å². The maximum Gasteiger partial charge on any atom is 0.339 e. The second-order valence-electron chi connectivity index (χ2n) is 6.05. The molecule has 0 amide bonds. The lowest BCUT2D eigenvalue weighted by Gasteiger charge is -2.05. The first-order chi connectivity index (χ1) is 14.2. The van der Waals surface area contributed by atoms with Crippen LogP contribution in [0.5, 0.6) is 0 Å². The van der Waals surface area contributed by atoms with Gasteiger partial charge in [0, 0.05) is 0 Å². The van der Waals surface area contributed by atoms with Crippen LogP contribution in [0.25, 0.3) is 33.3 Å². The molecule has 29 heavy (non-hydrogen) atoms. The summed E-state index contributed by atoms with van der Waals surface area (Å²) in [6.45, 7) is 1.56. The number of thiophene rings is 1. The van der Waals surface area contributed by atoms with Crippen molar-refractivity contribution in [1.29, 1.82) is 0 Å². The van der Waals surface area contributed by atoms with Crippen molar-refractivity contribution < 1.29 is 23.0 Å². The number of fused-ring (bicyclic) bond motifs is 1. The Morgan fingerprint density at radius 1 is 1.17 bits per heavy atom. The summed E-state index contributed by atoms with van der Waals surface area (Å²) in [5, 5.41) is 10.2. The van der Waals surface area contributed by atoms with Gasteiger partial charge in [-0.1, -0.05) is 16.4 Å². The van der Waals surface area contributed by atoms with E-state index < -0.39 is 5.97 Å². The average Bonchev–Trinajstić information content (AvgIpc) is 3.53. The molecule has 0 atom stereocenters. The SMILES string of the molecule is Cc1noc2nc(-c3ccco3)cc(C(=O)OCc3nc(-c4cccs4)no3)c12. The number of furan rings is 1. The molecule has 5 aromatic rings. The van der Waals surface area contributed by atoms with Crippen LogP contribution < -0.4 is 0 Å². The number of carbonyl (C=O) groups is 1. The molecule has 0 saturated heterocycles. The van der Waals surface area contributed by atoms with E-state index in [-0.39, 0.29) is 23.8 Å². The highest BCUT2D eigenvalue weighted by Gasteiger charge is 2.22. The Hall–Kier alpha value is -3.79. The van der Waals surface area contributed by atoms with Gasteiger partial charge in [0.2, 0.25) is 5.82 Å². The zero-order valence-corrected chi connectivity index (χ0v) is 15.8. The van der Waals surface area contributed by atoms with Crippen LogP contribution >= 0.6 is 11.3 Å². The van der Waals surface area contributed by atoms with Crippen molar-refractivity contribution in [1.82, 2.24) is 20.3 Å². The van der Waals surface area contributed by atoms with E-state index in [9.17, 15) is 4.79 Å². The summed E-state index contributed by atoms with van der Waals surface area (Å²) >= 11 is 1.49. The fourth-order valence-electron chi connectivity index (χ4n) is 2.83. The summed E-state index contributed by atoms with van der Waals surface area (Å²) in [5.41, 5.74) is 1.45. The van der Waals surface area contributed by atoms with Crippen molar-refractivity contribution in [2.45, 2.75) is 13.5 Å². The van der Waals surface area contributed by atoms with Gasteiger partial charge in [-0.25, -0.2) is 9.78 Å². The Kier molecular flexibility index (Phi) is 4.17. The van der Waals surface area contributed by atoms with E-state index in [1.165, 1.54) is 17.6 Å². The molecule has 5 heterocycles. The van der Waals surface area contributed by atoms with Crippen molar-refractivity contribution in [3.63, 3.8) is 0 Å². The molecule has 0 saturated carbocycles. The molecule has 0 N–H and O–H groups in total. The van der Waals surface area contributed by atoms with Crippen LogP contribution in [-0.2, 0) is 11.3 Å². The van der Waals surface area contributed by atoms with Gasteiger partial charge in [-0.2, -0.15) is 4.98 Å². The molecule has 0 unspecified atom stereocenters. The van der Waals surface area contributed by atoms with Gasteiger partial charge in [-0.3, -0.25) is 0 Å². The topological polar surface area (TPSA) is 117 Å². The van der Waals surface area contributed by atoms with Gasteiger partial charge >= 0.3 is 5.97 Å². The summed E-state index contributed by atoms with van der Waals surface area (Å²) in [6, 6.07) is 8.81. The molecule has 5 rings (SSSR count). The third-order valence-corrected chi connectivity index (χ3v) is 5.01. The number of aryl methyl sites for hydroxylation is 1. The van der Waals surface area contributed by atoms with Crippen molar-refractivity contribution in [3.8, 4) is 22.2 Å². The number of rotatable bonds is 5. The van der Waals surface area contributed by atoms with Crippen LogP contribution in [0, 0.1) is 6.92 Å². The van der Waals surface area contributed by atoms with Gasteiger partial charge in [0.05, 0.1) is 27.8 Å². The van der Waals surface area contributed by atoms with Gasteiger partial charge < -0.3 is 18.2 Å². The minimum atomic E-state index is -0.590. The molecule has 10 heteroatoms. The van der Waals surface area contributed by atoms with Crippen LogP contribution in [0.3, 0.4) is 0 Å². The van der Waals surface area contributed by atoms with Crippen LogP contribution in [0.15, 0.2) is 55.4 Å². The lowest BCUT2D eigenvalue weighted by molar-refractivity contribution is 0.0432. The second kappa shape index (κ2) is 6.99. The Balaban J connectivity index is 1.42. The number of esters is 1. The van der Waals surface area contributed by atoms with E-state index in [0.29, 0.717) is 28.4 Å². The van der Waals surface area contributed by atoms with Gasteiger partial charge in [0.25, 0.3) is 11.6 Å². The number of ether oxygens (including phenoxy) is 1. The lowest BCUT2D eigenvalue weighted by Crippen LogP contribution is -2.07. The van der Waals surface area contributed by atoms with Crippen molar-refractivity contribution >= 4 is 28.4 Å². The Bertz CT molecular complexity index is 1290. The highest BCUT2D eigenvalue weighted by molar-refractivity contribution is 7.13. The third kappa shape index (κ3) is 3.19. The van der Waals surface area contributed by atoms with Crippen molar-refractivity contribution in [2.75, 3.05) is 0 Å². The predicted molar refractivity (Wildman–Crippen MR) is 101 cm³/mol. The second-order valence-corrected chi connectivity index (χ2v) is 6.99. The van der Waals surface area contributed by atoms with E-state index in [1.807, 2.05) is 17.5 Å². The number of hydrogen-bond donors (Lipinski definition) is 0. The minimum Gasteiger partial charge on any atom is -0.463 e. The van der Waals surface area contributed by atoms with Gasteiger partial charge in [0.15, 0.2) is 12.4 Å². The molecule has 0 fully saturated rings. The normalized spacial score (nSPS) is 11.2. The molecule has 0 bridgehead atoms. The first-order valence-electron chi connectivity index (χ1n) is 8.53. The monoisotopic (exact) mass is 408 g/mol. The van der Waals surface area contributed by atoms with E-state index in [2.05, 4.69) is 20.3 Å². The van der Waals surface area contributed by atoms with Crippen LogP contribution in [0.1, 0.15) is 21.9 Å². The maximum absolute atomic E-state index is 12.8. The van der Waals surface area contributed by atoms with Crippen LogP contribution in [-0.4, -0.2) is 26.3 Å². The first-order valence-corrected chi connectivity index (χ1v) is 9.41. The van der Waals surface area contributed by atoms with Gasteiger partial charge in [-0.15, -0.1) is 11.3 Å². The molecule has 0 aromatic carbocycles. The summed E-state index contributed by atoms with van der Waals surface area (Å²) in [7, 11) is 0. The number of hydrogen-bond acceptors (Lipinski definition) is 10. The highest BCUT2D eigenvalue weighted by Crippen LogP contribution is 2.28. The van der Waals surface area contributed by atoms with Crippen LogP contribution in [0.2, 0.25) is 0 Å². The summed E-state index contributed by atoms with van der Waals surface area (Å²) < 4.78 is 21.2. The average molecular weight is 408 g/mol. The van der Waals surface area contributed by atoms with Crippen LogP contribution in [0.4, 0.5) is 0 Å². The molecule has 9 nitrogen and oxygen atoms in total. The smallest absolute Gasteiger partial charge is 0.339 e. The molecule has 5 aromatic heterocycles. The number of nitrogens with zero attached hydrogens (tertiary/aromatic N) is 4. The largest absolute Gasteiger partial charge is 0.463 e. The molecule has 0 aliphatic rings. The third-order valence-electron chi connectivity index (χ3n) is 4.15. The Morgan fingerprint density at radius 2 is 2.10 bits per heavy atom. The molecule has 0 spiro atoms. The molecule has 0 aliphatic carbocycles. The standard InChI is InChI=1S/C19H12N4O5S/c1-10-16-11(8-12(13-4-2-6-25-13)20-18(16)28-22-10)19(24)26-9-15-21-17(23-27-15)14-5-3-7-29-14/h2-8H,9H2,1H3. The molecular formula is C19H12N4O5S. The van der Waals surface area contributed by atoms with Crippen molar-refractivity contribution in [2.24, 2.45) is 0 Å². The zero-order valence-electron chi connectivity index (χ0n) is 15.0. The Morgan fingerprint density at radius 3 is 2.90 bits per heavy atom. The van der Waals surface area contributed by atoms with Gasteiger partial charge in [-0.05, 0) is 36.6 Å². The van der Waals surface area contributed by atoms with Gasteiger partial charge in [0.1, 0.15) is 5.69 Å².